The van der Waals surface area contributed by atoms with E-state index in [1.165, 1.54) is 0 Å². The Kier molecular flexibility index (Phi) is 8.75. The first-order valence-electron chi connectivity index (χ1n) is 13.3. The van der Waals surface area contributed by atoms with Crippen molar-refractivity contribution in [2.45, 2.75) is 19.3 Å². The second-order valence-corrected chi connectivity index (χ2v) is 10.4. The van der Waals surface area contributed by atoms with Crippen molar-refractivity contribution in [2.75, 3.05) is 45.9 Å². The van der Waals surface area contributed by atoms with Crippen molar-refractivity contribution >= 4 is 23.1 Å². The lowest BCUT2D eigenvalue weighted by atomic mass is 9.96. The van der Waals surface area contributed by atoms with Crippen molar-refractivity contribution in [3.05, 3.63) is 65.7 Å². The number of rotatable bonds is 10. The van der Waals surface area contributed by atoms with Gasteiger partial charge in [-0.2, -0.15) is 0 Å². The first-order valence-corrected chi connectivity index (χ1v) is 14.1. The molecule has 5 rings (SSSR count). The van der Waals surface area contributed by atoms with Gasteiger partial charge in [0.15, 0.2) is 17.3 Å². The number of aromatic nitrogens is 3. The number of anilines is 1. The molecule has 0 atom stereocenters. The van der Waals surface area contributed by atoms with Crippen LogP contribution >= 0.6 is 11.3 Å². The Bertz CT molecular complexity index is 1430. The fraction of sp³-hybridized carbons (Fsp3) is 0.333. The monoisotopic (exact) mass is 559 g/mol. The summed E-state index contributed by atoms with van der Waals surface area (Å²) in [5.74, 6) is 3.05. The Morgan fingerprint density at radius 1 is 0.950 bits per heavy atom. The van der Waals surface area contributed by atoms with Gasteiger partial charge in [-0.05, 0) is 55.3 Å². The van der Waals surface area contributed by atoms with Crippen LogP contribution in [0.2, 0.25) is 0 Å². The van der Waals surface area contributed by atoms with E-state index in [1.54, 1.807) is 32.7 Å². The van der Waals surface area contributed by atoms with Crippen LogP contribution in [-0.2, 0) is 11.2 Å². The fourth-order valence-corrected chi connectivity index (χ4v) is 5.70. The Balaban J connectivity index is 1.09. The number of hydrogen-bond donors (Lipinski definition) is 1. The third kappa shape index (κ3) is 6.17. The van der Waals surface area contributed by atoms with Crippen LogP contribution in [-0.4, -0.2) is 62.1 Å². The van der Waals surface area contributed by atoms with Gasteiger partial charge in [-0.15, -0.1) is 21.5 Å². The summed E-state index contributed by atoms with van der Waals surface area (Å²) in [5, 5.41) is 14.9. The largest absolute Gasteiger partial charge is 0.496 e. The molecular formula is C30H33N5O4S. The molecule has 40 heavy (non-hydrogen) atoms. The van der Waals surface area contributed by atoms with Crippen LogP contribution in [0.5, 0.6) is 17.2 Å². The maximum atomic E-state index is 12.8. The summed E-state index contributed by atoms with van der Waals surface area (Å²) in [4.78, 5) is 19.8. The molecule has 0 aliphatic carbocycles. The lowest BCUT2D eigenvalue weighted by Crippen LogP contribution is -2.41. The molecule has 1 fully saturated rings. The van der Waals surface area contributed by atoms with Gasteiger partial charge < -0.3 is 24.4 Å². The minimum absolute atomic E-state index is 0.00480. The molecule has 0 unspecified atom stereocenters. The molecule has 1 saturated heterocycles. The summed E-state index contributed by atoms with van der Waals surface area (Å²) in [5.41, 5.74) is 3.62. The van der Waals surface area contributed by atoms with E-state index in [1.807, 2.05) is 60.0 Å². The average Bonchev–Trinajstić information content (AvgIpc) is 3.49. The lowest BCUT2D eigenvalue weighted by molar-refractivity contribution is -0.125. The zero-order valence-electron chi connectivity index (χ0n) is 22.9. The molecular weight excluding hydrogens is 526 g/mol. The predicted molar refractivity (Wildman–Crippen MR) is 156 cm³/mol. The minimum atomic E-state index is -0.00480. The van der Waals surface area contributed by atoms with Crippen molar-refractivity contribution in [1.29, 1.82) is 0 Å². The molecule has 1 N–H and O–H groups in total. The van der Waals surface area contributed by atoms with Crippen LogP contribution in [0.4, 0.5) is 5.82 Å². The third-order valence-electron chi connectivity index (χ3n) is 7.09. The van der Waals surface area contributed by atoms with E-state index in [0.717, 1.165) is 65.0 Å². The standard InChI is InChI=1S/C30H33N5O4S/c1-37-25-7-5-4-6-23(25)24-9-11-28(34-33-24)35-16-13-20(14-17-35)29(36)31-15-12-22-19-40-30(32-22)21-8-10-26(38-2)27(18-21)39-3/h4-11,18-20H,12-17H2,1-3H3,(H,31,36). The van der Waals surface area contributed by atoms with Gasteiger partial charge in [-0.3, -0.25) is 4.79 Å². The molecule has 2 aromatic carbocycles. The number of nitrogens with one attached hydrogen (secondary N) is 1. The molecule has 0 bridgehead atoms. The number of nitrogens with zero attached hydrogens (tertiary/aromatic N) is 4. The minimum Gasteiger partial charge on any atom is -0.496 e. The molecule has 1 aliphatic heterocycles. The number of para-hydroxylation sites is 1. The molecule has 4 aromatic rings. The molecule has 10 heteroatoms. The number of methoxy groups -OCH3 is 3. The van der Waals surface area contributed by atoms with Crippen LogP contribution in [0.1, 0.15) is 18.5 Å². The second kappa shape index (κ2) is 12.8. The van der Waals surface area contributed by atoms with E-state index in [9.17, 15) is 4.79 Å². The molecule has 3 heterocycles. The Hall–Kier alpha value is -4.18. The molecule has 1 amide bonds. The van der Waals surface area contributed by atoms with Gasteiger partial charge in [0.25, 0.3) is 0 Å². The highest BCUT2D eigenvalue weighted by molar-refractivity contribution is 7.13. The van der Waals surface area contributed by atoms with E-state index in [4.69, 9.17) is 19.2 Å². The molecule has 0 saturated carbocycles. The van der Waals surface area contributed by atoms with E-state index in [2.05, 4.69) is 20.4 Å². The SMILES string of the molecule is COc1ccc(-c2nc(CCNC(=O)C3CCN(c4ccc(-c5ccccc5OC)nn4)CC3)cs2)cc1OC. The van der Waals surface area contributed by atoms with Crippen LogP contribution in [0.15, 0.2) is 60.0 Å². The van der Waals surface area contributed by atoms with Crippen molar-refractivity contribution in [3.8, 4) is 39.1 Å². The maximum Gasteiger partial charge on any atom is 0.223 e. The maximum absolute atomic E-state index is 12.8. The van der Waals surface area contributed by atoms with E-state index < -0.39 is 0 Å². The van der Waals surface area contributed by atoms with Gasteiger partial charge in [0.05, 0.1) is 32.7 Å². The number of hydrogen-bond acceptors (Lipinski definition) is 9. The number of ether oxygens (including phenoxy) is 3. The molecule has 9 nitrogen and oxygen atoms in total. The highest BCUT2D eigenvalue weighted by atomic mass is 32.1. The first-order chi connectivity index (χ1) is 19.6. The summed E-state index contributed by atoms with van der Waals surface area (Å²) in [6.45, 7) is 2.09. The van der Waals surface area contributed by atoms with Crippen LogP contribution in [0.3, 0.4) is 0 Å². The number of carbonyl (C=O) groups excluding carboxylic acids is 1. The number of benzene rings is 2. The fourth-order valence-electron chi connectivity index (χ4n) is 4.85. The summed E-state index contributed by atoms with van der Waals surface area (Å²) in [7, 11) is 4.89. The van der Waals surface area contributed by atoms with Crippen molar-refractivity contribution in [1.82, 2.24) is 20.5 Å². The predicted octanol–water partition coefficient (Wildman–Crippen LogP) is 4.87. The van der Waals surface area contributed by atoms with Gasteiger partial charge >= 0.3 is 0 Å². The normalized spacial score (nSPS) is 13.6. The lowest BCUT2D eigenvalue weighted by Gasteiger charge is -2.31. The van der Waals surface area contributed by atoms with Crippen molar-refractivity contribution in [2.24, 2.45) is 5.92 Å². The highest BCUT2D eigenvalue weighted by Crippen LogP contribution is 2.34. The second-order valence-electron chi connectivity index (χ2n) is 9.49. The van der Waals surface area contributed by atoms with Gasteiger partial charge in [0, 0.05) is 48.5 Å². The van der Waals surface area contributed by atoms with Gasteiger partial charge in [-0.25, -0.2) is 4.98 Å². The van der Waals surface area contributed by atoms with Crippen molar-refractivity contribution in [3.63, 3.8) is 0 Å². The highest BCUT2D eigenvalue weighted by Gasteiger charge is 2.25. The van der Waals surface area contributed by atoms with E-state index in [-0.39, 0.29) is 11.8 Å². The van der Waals surface area contributed by atoms with Gasteiger partial charge in [-0.1, -0.05) is 12.1 Å². The topological polar surface area (TPSA) is 98.7 Å². The van der Waals surface area contributed by atoms with E-state index in [0.29, 0.717) is 24.5 Å². The van der Waals surface area contributed by atoms with Gasteiger partial charge in [0.2, 0.25) is 5.91 Å². The van der Waals surface area contributed by atoms with Crippen LogP contribution in [0, 0.1) is 5.92 Å². The summed E-state index contributed by atoms with van der Waals surface area (Å²) >= 11 is 1.58. The quantitative estimate of drug-likeness (QED) is 0.294. The Labute approximate surface area is 238 Å². The smallest absolute Gasteiger partial charge is 0.223 e. The zero-order chi connectivity index (χ0) is 27.9. The molecule has 1 aliphatic rings. The number of piperidine rings is 1. The summed E-state index contributed by atoms with van der Waals surface area (Å²) in [6, 6.07) is 17.5. The van der Waals surface area contributed by atoms with Crippen LogP contribution < -0.4 is 24.4 Å². The van der Waals surface area contributed by atoms with Crippen molar-refractivity contribution < 1.29 is 19.0 Å². The third-order valence-corrected chi connectivity index (χ3v) is 8.03. The number of carbonyl (C=O) groups is 1. The summed E-state index contributed by atoms with van der Waals surface area (Å²) in [6.07, 6.45) is 2.24. The molecule has 208 valence electrons. The Morgan fingerprint density at radius 3 is 2.45 bits per heavy atom. The molecule has 2 aromatic heterocycles. The van der Waals surface area contributed by atoms with E-state index >= 15 is 0 Å². The van der Waals surface area contributed by atoms with Gasteiger partial charge in [0.1, 0.15) is 10.8 Å². The molecule has 0 spiro atoms. The first kappa shape index (κ1) is 27.4. The molecule has 0 radical (unpaired) electrons. The zero-order valence-corrected chi connectivity index (χ0v) is 23.7. The number of thiazole rings is 1. The Morgan fingerprint density at radius 2 is 1.73 bits per heavy atom. The van der Waals surface area contributed by atoms with Crippen LogP contribution in [0.25, 0.3) is 21.8 Å². The number of amides is 1. The average molecular weight is 560 g/mol. The summed E-state index contributed by atoms with van der Waals surface area (Å²) < 4.78 is 16.2.